The van der Waals surface area contributed by atoms with Crippen molar-refractivity contribution in [3.05, 3.63) is 59.6 Å². The number of carbonyl (C=O) groups is 1. The number of aromatic nitrogens is 3. The van der Waals surface area contributed by atoms with Crippen molar-refractivity contribution in [3.63, 3.8) is 0 Å². The Bertz CT molecular complexity index is 929. The molecule has 0 fully saturated rings. The van der Waals surface area contributed by atoms with Crippen LogP contribution in [0, 0.1) is 0 Å². The van der Waals surface area contributed by atoms with Gasteiger partial charge in [-0.05, 0) is 38.1 Å². The molecule has 1 atom stereocenters. The molecule has 1 unspecified atom stereocenters. The zero-order valence-corrected chi connectivity index (χ0v) is 17.0. The summed E-state index contributed by atoms with van der Waals surface area (Å²) in [7, 11) is 1.88. The monoisotopic (exact) mass is 400 g/mol. The Morgan fingerprint density at radius 3 is 2.48 bits per heavy atom. The second-order valence-corrected chi connectivity index (χ2v) is 7.74. The summed E-state index contributed by atoms with van der Waals surface area (Å²) in [4.78, 5) is 14.7. The van der Waals surface area contributed by atoms with Crippen LogP contribution in [0.2, 0.25) is 5.02 Å². The summed E-state index contributed by atoms with van der Waals surface area (Å²) in [6, 6.07) is 17.2. The van der Waals surface area contributed by atoms with Gasteiger partial charge < -0.3 is 9.47 Å². The highest BCUT2D eigenvalue weighted by Gasteiger charge is 2.24. The average molecular weight is 401 g/mol. The highest BCUT2D eigenvalue weighted by molar-refractivity contribution is 8.00. The van der Waals surface area contributed by atoms with E-state index in [4.69, 9.17) is 11.6 Å². The summed E-state index contributed by atoms with van der Waals surface area (Å²) in [6.07, 6.45) is 0. The second-order valence-electron chi connectivity index (χ2n) is 6.02. The average Bonchev–Trinajstić information content (AvgIpc) is 3.04. The van der Waals surface area contributed by atoms with Crippen LogP contribution in [-0.4, -0.2) is 32.5 Å². The molecule has 2 aromatic carbocycles. The van der Waals surface area contributed by atoms with Gasteiger partial charge in [0.1, 0.15) is 0 Å². The molecule has 0 saturated heterocycles. The van der Waals surface area contributed by atoms with Gasteiger partial charge in [0.2, 0.25) is 5.91 Å². The minimum absolute atomic E-state index is 0.0380. The van der Waals surface area contributed by atoms with Crippen molar-refractivity contribution in [2.75, 3.05) is 11.4 Å². The number of benzene rings is 2. The summed E-state index contributed by atoms with van der Waals surface area (Å²) in [5.74, 6) is 0.717. The Morgan fingerprint density at radius 2 is 1.81 bits per heavy atom. The first kappa shape index (κ1) is 19.5. The van der Waals surface area contributed by atoms with Gasteiger partial charge in [-0.2, -0.15) is 0 Å². The predicted molar refractivity (Wildman–Crippen MR) is 111 cm³/mol. The van der Waals surface area contributed by atoms with E-state index in [2.05, 4.69) is 10.2 Å². The van der Waals surface area contributed by atoms with Gasteiger partial charge in [-0.25, -0.2) is 0 Å². The zero-order chi connectivity index (χ0) is 19.4. The molecule has 140 valence electrons. The van der Waals surface area contributed by atoms with E-state index in [0.717, 1.165) is 11.3 Å². The minimum Gasteiger partial charge on any atom is -0.312 e. The molecule has 0 bridgehead atoms. The molecular weight excluding hydrogens is 380 g/mol. The lowest BCUT2D eigenvalue weighted by molar-refractivity contribution is -0.117. The van der Waals surface area contributed by atoms with Crippen LogP contribution in [0.1, 0.15) is 13.8 Å². The molecular formula is C20H21ClN4OS. The number of amides is 1. The molecule has 1 heterocycles. The molecule has 1 aromatic heterocycles. The lowest BCUT2D eigenvalue weighted by Gasteiger charge is -2.24. The van der Waals surface area contributed by atoms with Gasteiger partial charge in [-0.3, -0.25) is 4.79 Å². The highest BCUT2D eigenvalue weighted by atomic mass is 35.5. The summed E-state index contributed by atoms with van der Waals surface area (Å²) in [5.41, 5.74) is 1.71. The number of nitrogens with zero attached hydrogens (tertiary/aromatic N) is 4. The van der Waals surface area contributed by atoms with Gasteiger partial charge in [-0.1, -0.05) is 53.7 Å². The standard InChI is InChI=1S/C20H21ClN4OS/c1-4-25(15-10-6-5-7-11-15)19(26)14(2)27-20-23-22-18(24(20)3)16-12-8-9-13-17(16)21/h5-14H,4H2,1-3H3. The molecule has 1 amide bonds. The SMILES string of the molecule is CCN(C(=O)C(C)Sc1nnc(-c2ccccc2Cl)n1C)c1ccccc1. The molecule has 0 spiro atoms. The maximum absolute atomic E-state index is 12.9. The molecule has 5 nitrogen and oxygen atoms in total. The van der Waals surface area contributed by atoms with Crippen LogP contribution in [-0.2, 0) is 11.8 Å². The zero-order valence-electron chi connectivity index (χ0n) is 15.5. The number of carbonyl (C=O) groups excluding carboxylic acids is 1. The molecule has 3 aromatic rings. The molecule has 0 aliphatic carbocycles. The van der Waals surface area contributed by atoms with E-state index in [1.165, 1.54) is 11.8 Å². The fourth-order valence-corrected chi connectivity index (χ4v) is 3.89. The topological polar surface area (TPSA) is 51.0 Å². The molecule has 0 aliphatic heterocycles. The number of thioether (sulfide) groups is 1. The first-order valence-corrected chi connectivity index (χ1v) is 9.96. The Balaban J connectivity index is 1.79. The number of rotatable bonds is 6. The number of hydrogen-bond acceptors (Lipinski definition) is 4. The molecule has 27 heavy (non-hydrogen) atoms. The summed E-state index contributed by atoms with van der Waals surface area (Å²) in [5, 5.41) is 9.52. The van der Waals surface area contributed by atoms with Crippen LogP contribution in [0.15, 0.2) is 59.8 Å². The Kier molecular flexibility index (Phi) is 6.19. The summed E-state index contributed by atoms with van der Waals surface area (Å²) in [6.45, 7) is 4.47. The number of para-hydroxylation sites is 1. The van der Waals surface area contributed by atoms with Crippen molar-refractivity contribution >= 4 is 35.0 Å². The van der Waals surface area contributed by atoms with Crippen molar-refractivity contribution in [1.82, 2.24) is 14.8 Å². The second kappa shape index (κ2) is 8.59. The Hall–Kier alpha value is -2.31. The van der Waals surface area contributed by atoms with Crippen LogP contribution < -0.4 is 4.90 Å². The largest absolute Gasteiger partial charge is 0.312 e. The smallest absolute Gasteiger partial charge is 0.240 e. The van der Waals surface area contributed by atoms with Crippen molar-refractivity contribution in [2.45, 2.75) is 24.3 Å². The third-order valence-corrected chi connectivity index (χ3v) is 5.68. The van der Waals surface area contributed by atoms with Crippen LogP contribution in [0.4, 0.5) is 5.69 Å². The third-order valence-electron chi connectivity index (χ3n) is 4.23. The van der Waals surface area contributed by atoms with Crippen molar-refractivity contribution < 1.29 is 4.79 Å². The van der Waals surface area contributed by atoms with Crippen LogP contribution >= 0.6 is 23.4 Å². The first-order chi connectivity index (χ1) is 13.0. The van der Waals surface area contributed by atoms with E-state index in [9.17, 15) is 4.79 Å². The molecule has 0 N–H and O–H groups in total. The lowest BCUT2D eigenvalue weighted by Crippen LogP contribution is -2.36. The van der Waals surface area contributed by atoms with Crippen molar-refractivity contribution in [2.24, 2.45) is 7.05 Å². The molecule has 0 radical (unpaired) electrons. The molecule has 7 heteroatoms. The maximum atomic E-state index is 12.9. The van der Waals surface area contributed by atoms with Crippen molar-refractivity contribution in [3.8, 4) is 11.4 Å². The first-order valence-electron chi connectivity index (χ1n) is 8.70. The van der Waals surface area contributed by atoms with Gasteiger partial charge in [0.15, 0.2) is 11.0 Å². The van der Waals surface area contributed by atoms with Crippen molar-refractivity contribution in [1.29, 1.82) is 0 Å². The fraction of sp³-hybridized carbons (Fsp3) is 0.250. The van der Waals surface area contributed by atoms with E-state index < -0.39 is 0 Å². The normalized spacial score (nSPS) is 12.0. The molecule has 0 aliphatic rings. The number of hydrogen-bond donors (Lipinski definition) is 0. The highest BCUT2D eigenvalue weighted by Crippen LogP contribution is 2.30. The Morgan fingerprint density at radius 1 is 1.15 bits per heavy atom. The molecule has 0 saturated carbocycles. The van der Waals surface area contributed by atoms with Gasteiger partial charge in [0.25, 0.3) is 0 Å². The van der Waals surface area contributed by atoms with Gasteiger partial charge in [0, 0.05) is 24.8 Å². The lowest BCUT2D eigenvalue weighted by atomic mass is 10.2. The maximum Gasteiger partial charge on any atom is 0.240 e. The van der Waals surface area contributed by atoms with E-state index >= 15 is 0 Å². The van der Waals surface area contributed by atoms with Crippen LogP contribution in [0.25, 0.3) is 11.4 Å². The van der Waals surface area contributed by atoms with Gasteiger partial charge in [0.05, 0.1) is 10.3 Å². The van der Waals surface area contributed by atoms with E-state index in [1.54, 1.807) is 4.90 Å². The Labute approximate surface area is 168 Å². The number of halogens is 1. The van der Waals surface area contributed by atoms with E-state index in [-0.39, 0.29) is 11.2 Å². The summed E-state index contributed by atoms with van der Waals surface area (Å²) >= 11 is 7.67. The minimum atomic E-state index is -0.299. The molecule has 3 rings (SSSR count). The quantitative estimate of drug-likeness (QED) is 0.564. The van der Waals surface area contributed by atoms with Crippen LogP contribution in [0.5, 0.6) is 0 Å². The van der Waals surface area contributed by atoms with E-state index in [0.29, 0.717) is 22.5 Å². The van der Waals surface area contributed by atoms with Crippen LogP contribution in [0.3, 0.4) is 0 Å². The third kappa shape index (κ3) is 4.17. The number of anilines is 1. The van der Waals surface area contributed by atoms with Gasteiger partial charge >= 0.3 is 0 Å². The fourth-order valence-electron chi connectivity index (χ4n) is 2.80. The van der Waals surface area contributed by atoms with E-state index in [1.807, 2.05) is 80.1 Å². The van der Waals surface area contributed by atoms with Gasteiger partial charge in [-0.15, -0.1) is 10.2 Å². The summed E-state index contributed by atoms with van der Waals surface area (Å²) < 4.78 is 1.87. The predicted octanol–water partition coefficient (Wildman–Crippen LogP) is 4.67.